The number of ether oxygens (including phenoxy) is 2. The molecule has 13 nitrogen and oxygen atoms in total. The van der Waals surface area contributed by atoms with Crippen LogP contribution < -0.4 is 5.32 Å². The van der Waals surface area contributed by atoms with Crippen molar-refractivity contribution in [1.29, 1.82) is 0 Å². The highest BCUT2D eigenvalue weighted by Crippen LogP contribution is 2.26. The lowest BCUT2D eigenvalue weighted by molar-refractivity contribution is -0.298. The Hall–Kier alpha value is -1.72. The molecule has 7 N–H and O–H groups in total. The Morgan fingerprint density at radius 3 is 1.79 bits per heavy atom. The maximum Gasteiger partial charge on any atom is 0.397 e. The van der Waals surface area contributed by atoms with E-state index in [4.69, 9.17) is 14.0 Å². The van der Waals surface area contributed by atoms with E-state index in [2.05, 4.69) is 47.7 Å². The number of carbonyl (C=O) groups is 1. The van der Waals surface area contributed by atoms with Crippen molar-refractivity contribution in [3.63, 3.8) is 0 Å². The van der Waals surface area contributed by atoms with Gasteiger partial charge in [0, 0.05) is 0 Å². The molecule has 0 radical (unpaired) electrons. The summed E-state index contributed by atoms with van der Waals surface area (Å²) in [4.78, 5) is 13.1. The van der Waals surface area contributed by atoms with Crippen molar-refractivity contribution in [3.05, 3.63) is 36.5 Å². The third-order valence-corrected chi connectivity index (χ3v) is 10.5. The van der Waals surface area contributed by atoms with Crippen LogP contribution in [0.2, 0.25) is 0 Å². The van der Waals surface area contributed by atoms with Crippen LogP contribution in [0.25, 0.3) is 0 Å². The van der Waals surface area contributed by atoms with Crippen molar-refractivity contribution in [1.82, 2.24) is 5.32 Å². The molecular formula is C42H77NO12S. The summed E-state index contributed by atoms with van der Waals surface area (Å²) in [6.07, 6.45) is 25.2. The van der Waals surface area contributed by atoms with Gasteiger partial charge in [-0.25, -0.2) is 4.18 Å². The molecular weight excluding hydrogens is 743 g/mol. The lowest BCUT2D eigenvalue weighted by Crippen LogP contribution is -2.61. The van der Waals surface area contributed by atoms with Crippen LogP contribution in [0.4, 0.5) is 0 Å². The quantitative estimate of drug-likeness (QED) is 0.0207. The standard InChI is InChI=1S/C42H77NO12S/c1-3-5-7-9-11-13-15-16-17-18-19-21-23-25-27-29-31-36(46)41(49)43-34(35(45)30-28-26-24-22-20-14-12-10-8-6-4-2)33-53-42-39(48)40(55-56(50,51)52)38(47)37(32-44)54-42/h11,13,16-17,28,30,34-40,42,44-48H,3-10,12,14-15,18-27,29,31-33H2,1-2H3,(H,43,49)(H,50,51,52)/b13-11-,17-16-,30-28+. The van der Waals surface area contributed by atoms with Crippen LogP contribution >= 0.6 is 0 Å². The number of carbonyl (C=O) groups excluding carboxylic acids is 1. The number of hydrogen-bond acceptors (Lipinski definition) is 11. The van der Waals surface area contributed by atoms with E-state index in [1.54, 1.807) is 0 Å². The third-order valence-electron chi connectivity index (χ3n) is 10.0. The molecule has 8 atom stereocenters. The highest BCUT2D eigenvalue weighted by Gasteiger charge is 2.48. The SMILES string of the molecule is CCCCC/C=C\C/C=C\CCCCCCCCC(O)C(=O)NC(COC1OC(CO)C(O)C(OS(=O)(=O)O)C1O)C(O)/C=C/CCCCCCCCCCC. The van der Waals surface area contributed by atoms with Crippen LogP contribution in [-0.2, 0) is 28.9 Å². The highest BCUT2D eigenvalue weighted by atomic mass is 32.3. The smallest absolute Gasteiger partial charge is 0.394 e. The Labute approximate surface area is 337 Å². The first-order chi connectivity index (χ1) is 26.9. The van der Waals surface area contributed by atoms with E-state index in [9.17, 15) is 38.7 Å². The Morgan fingerprint density at radius 2 is 1.23 bits per heavy atom. The van der Waals surface area contributed by atoms with Gasteiger partial charge < -0.3 is 40.3 Å². The van der Waals surface area contributed by atoms with E-state index in [0.717, 1.165) is 70.6 Å². The molecule has 1 aliphatic heterocycles. The van der Waals surface area contributed by atoms with E-state index in [-0.39, 0.29) is 6.42 Å². The Bertz CT molecular complexity index is 1170. The van der Waals surface area contributed by atoms with Crippen molar-refractivity contribution < 1.29 is 57.0 Å². The van der Waals surface area contributed by atoms with Gasteiger partial charge in [-0.3, -0.25) is 9.35 Å². The van der Waals surface area contributed by atoms with Gasteiger partial charge in [0.25, 0.3) is 0 Å². The molecule has 1 amide bonds. The van der Waals surface area contributed by atoms with Crippen molar-refractivity contribution in [2.45, 2.75) is 210 Å². The van der Waals surface area contributed by atoms with Crippen LogP contribution in [0, 0.1) is 0 Å². The van der Waals surface area contributed by atoms with E-state index in [1.165, 1.54) is 63.9 Å². The first kappa shape index (κ1) is 52.3. The summed E-state index contributed by atoms with van der Waals surface area (Å²) in [7, 11) is -5.12. The van der Waals surface area contributed by atoms with Gasteiger partial charge in [0.15, 0.2) is 6.29 Å². The summed E-state index contributed by atoms with van der Waals surface area (Å²) in [6, 6.07) is -1.12. The topological polar surface area (TPSA) is 212 Å². The zero-order valence-corrected chi connectivity index (χ0v) is 35.1. The lowest BCUT2D eigenvalue weighted by atomic mass is 9.99. The molecule has 56 heavy (non-hydrogen) atoms. The predicted octanol–water partition coefficient (Wildman–Crippen LogP) is 6.52. The van der Waals surface area contributed by atoms with Crippen molar-refractivity contribution in [2.75, 3.05) is 13.2 Å². The van der Waals surface area contributed by atoms with E-state index < -0.39 is 78.5 Å². The first-order valence-electron chi connectivity index (χ1n) is 21.5. The van der Waals surface area contributed by atoms with Crippen LogP contribution in [0.3, 0.4) is 0 Å². The molecule has 0 aromatic carbocycles. The summed E-state index contributed by atoms with van der Waals surface area (Å²) in [5, 5.41) is 55.0. The molecule has 8 unspecified atom stereocenters. The number of nitrogens with one attached hydrogen (secondary N) is 1. The Kier molecular flexibility index (Phi) is 31.0. The summed E-state index contributed by atoms with van der Waals surface area (Å²) in [5.74, 6) is -0.714. The minimum absolute atomic E-state index is 0.230. The molecule has 0 saturated carbocycles. The number of aliphatic hydroxyl groups is 5. The average molecular weight is 820 g/mol. The monoisotopic (exact) mass is 820 g/mol. The maximum atomic E-state index is 13.1. The predicted molar refractivity (Wildman–Crippen MR) is 219 cm³/mol. The number of allylic oxidation sites excluding steroid dienone is 5. The van der Waals surface area contributed by atoms with Gasteiger partial charge in [-0.15, -0.1) is 0 Å². The molecule has 0 aliphatic carbocycles. The minimum atomic E-state index is -5.12. The molecule has 0 spiro atoms. The molecule has 0 aromatic rings. The summed E-state index contributed by atoms with van der Waals surface area (Å²) in [5.41, 5.74) is 0. The molecule has 1 saturated heterocycles. The number of unbranched alkanes of at least 4 members (excludes halogenated alkanes) is 18. The molecule has 14 heteroatoms. The zero-order chi connectivity index (χ0) is 41.4. The highest BCUT2D eigenvalue weighted by molar-refractivity contribution is 7.80. The summed E-state index contributed by atoms with van der Waals surface area (Å²) < 4.78 is 47.3. The van der Waals surface area contributed by atoms with Gasteiger partial charge in [0.2, 0.25) is 5.91 Å². The second kappa shape index (κ2) is 33.1. The summed E-state index contributed by atoms with van der Waals surface area (Å²) in [6.45, 7) is 3.14. The minimum Gasteiger partial charge on any atom is -0.394 e. The van der Waals surface area contributed by atoms with Crippen LogP contribution in [0.15, 0.2) is 36.5 Å². The first-order valence-corrected chi connectivity index (χ1v) is 22.8. The van der Waals surface area contributed by atoms with Gasteiger partial charge in [-0.05, 0) is 51.4 Å². The van der Waals surface area contributed by atoms with Crippen LogP contribution in [0.1, 0.15) is 162 Å². The number of amides is 1. The van der Waals surface area contributed by atoms with E-state index >= 15 is 0 Å². The molecule has 1 rings (SSSR count). The fourth-order valence-electron chi connectivity index (χ4n) is 6.55. The second-order valence-corrected chi connectivity index (χ2v) is 16.1. The van der Waals surface area contributed by atoms with E-state index in [0.29, 0.717) is 12.8 Å². The van der Waals surface area contributed by atoms with Crippen molar-refractivity contribution >= 4 is 16.3 Å². The fraction of sp³-hybridized carbons (Fsp3) is 0.833. The molecule has 1 heterocycles. The lowest BCUT2D eigenvalue weighted by Gasteiger charge is -2.41. The molecule has 1 fully saturated rings. The van der Waals surface area contributed by atoms with Crippen molar-refractivity contribution in [2.24, 2.45) is 0 Å². The normalized spacial score (nSPS) is 22.3. The summed E-state index contributed by atoms with van der Waals surface area (Å²) >= 11 is 0. The fourth-order valence-corrected chi connectivity index (χ4v) is 7.06. The van der Waals surface area contributed by atoms with Gasteiger partial charge in [-0.1, -0.05) is 147 Å². The van der Waals surface area contributed by atoms with Crippen LogP contribution in [-0.4, -0.2) is 107 Å². The largest absolute Gasteiger partial charge is 0.397 e. The van der Waals surface area contributed by atoms with Gasteiger partial charge in [0.1, 0.15) is 30.5 Å². The number of aliphatic hydroxyl groups excluding tert-OH is 5. The second-order valence-electron chi connectivity index (χ2n) is 15.1. The number of hydrogen-bond donors (Lipinski definition) is 7. The number of rotatable bonds is 35. The van der Waals surface area contributed by atoms with E-state index in [1.807, 2.05) is 6.08 Å². The molecule has 0 bridgehead atoms. The van der Waals surface area contributed by atoms with Gasteiger partial charge >= 0.3 is 10.4 Å². The van der Waals surface area contributed by atoms with Crippen molar-refractivity contribution in [3.8, 4) is 0 Å². The molecule has 328 valence electrons. The average Bonchev–Trinajstić information content (AvgIpc) is 3.16. The Balaban J connectivity index is 2.63. The van der Waals surface area contributed by atoms with Crippen LogP contribution in [0.5, 0.6) is 0 Å². The maximum absolute atomic E-state index is 13.1. The van der Waals surface area contributed by atoms with Gasteiger partial charge in [-0.2, -0.15) is 8.42 Å². The zero-order valence-electron chi connectivity index (χ0n) is 34.3. The molecule has 0 aromatic heterocycles. The third kappa shape index (κ3) is 25.6. The Morgan fingerprint density at radius 1 is 0.732 bits per heavy atom. The molecule has 1 aliphatic rings. The van der Waals surface area contributed by atoms with Gasteiger partial charge in [0.05, 0.1) is 25.4 Å².